The second-order valence-corrected chi connectivity index (χ2v) is 7.84. The summed E-state index contributed by atoms with van der Waals surface area (Å²) in [5, 5.41) is 5.81. The molecule has 28 heavy (non-hydrogen) atoms. The van der Waals surface area contributed by atoms with Crippen molar-refractivity contribution in [2.24, 2.45) is 0 Å². The summed E-state index contributed by atoms with van der Waals surface area (Å²) in [5.74, 6) is 2.17. The molecule has 146 valence electrons. The van der Waals surface area contributed by atoms with Crippen LogP contribution >= 0.6 is 23.1 Å². The number of methoxy groups -OCH3 is 1. The second-order valence-electron chi connectivity index (χ2n) is 5.94. The minimum absolute atomic E-state index is 0.0682. The highest BCUT2D eigenvalue weighted by molar-refractivity contribution is 7.98. The predicted molar refractivity (Wildman–Crippen MR) is 116 cm³/mol. The van der Waals surface area contributed by atoms with Crippen molar-refractivity contribution in [2.45, 2.75) is 24.5 Å². The largest absolute Gasteiger partial charge is 0.493 e. The third-order valence-corrected chi connectivity index (χ3v) is 5.81. The lowest BCUT2D eigenvalue weighted by molar-refractivity contribution is -0.114. The molecule has 0 aliphatic heterocycles. The lowest BCUT2D eigenvalue weighted by Gasteiger charge is -2.09. The molecule has 0 saturated heterocycles. The van der Waals surface area contributed by atoms with E-state index in [1.807, 2.05) is 49.4 Å². The van der Waals surface area contributed by atoms with Gasteiger partial charge in [0.05, 0.1) is 19.4 Å². The summed E-state index contributed by atoms with van der Waals surface area (Å²) in [7, 11) is 1.64. The lowest BCUT2D eigenvalue weighted by atomic mass is 10.2. The molecule has 1 aromatic heterocycles. The van der Waals surface area contributed by atoms with Crippen molar-refractivity contribution in [3.8, 4) is 22.1 Å². The van der Waals surface area contributed by atoms with Gasteiger partial charge in [-0.2, -0.15) is 0 Å². The molecule has 0 aliphatic rings. The third kappa shape index (κ3) is 5.27. The van der Waals surface area contributed by atoms with E-state index in [0.29, 0.717) is 12.4 Å². The van der Waals surface area contributed by atoms with Crippen molar-refractivity contribution in [2.75, 3.05) is 19.0 Å². The minimum atomic E-state index is -0.0682. The molecule has 1 N–H and O–H groups in total. The molecule has 0 bridgehead atoms. The number of thioether (sulfide) groups is 1. The topological polar surface area (TPSA) is 60.5 Å². The number of hydrogen-bond acceptors (Lipinski definition) is 6. The molecule has 0 fully saturated rings. The van der Waals surface area contributed by atoms with Gasteiger partial charge in [0, 0.05) is 34.2 Å². The third-order valence-electron chi connectivity index (χ3n) is 3.82. The van der Waals surface area contributed by atoms with Gasteiger partial charge < -0.3 is 14.8 Å². The molecule has 3 aromatic rings. The van der Waals surface area contributed by atoms with Gasteiger partial charge in [-0.3, -0.25) is 4.79 Å². The maximum absolute atomic E-state index is 11.1. The average molecular weight is 415 g/mol. The molecule has 3 rings (SSSR count). The molecule has 0 aliphatic carbocycles. The van der Waals surface area contributed by atoms with Gasteiger partial charge in [-0.25, -0.2) is 4.98 Å². The summed E-state index contributed by atoms with van der Waals surface area (Å²) >= 11 is 3.33. The van der Waals surface area contributed by atoms with E-state index in [-0.39, 0.29) is 5.91 Å². The number of aromatic nitrogens is 1. The standard InChI is InChI=1S/C21H22N2O3S2/c1-4-26-19-10-5-15(11-20(19)25-3)21-23-17(13-28-21)12-27-18-8-6-16(7-9-18)22-14(2)24/h5-11,13H,4,12H2,1-3H3,(H,22,24). The Hall–Kier alpha value is -2.51. The average Bonchev–Trinajstić information content (AvgIpc) is 3.16. The normalized spacial score (nSPS) is 10.5. The fourth-order valence-corrected chi connectivity index (χ4v) is 4.29. The van der Waals surface area contributed by atoms with Crippen LogP contribution in [0.4, 0.5) is 5.69 Å². The zero-order valence-electron chi connectivity index (χ0n) is 16.0. The molecule has 7 heteroatoms. The molecular weight excluding hydrogens is 392 g/mol. The summed E-state index contributed by atoms with van der Waals surface area (Å²) in [6.07, 6.45) is 0. The highest BCUT2D eigenvalue weighted by Crippen LogP contribution is 2.34. The molecule has 0 atom stereocenters. The van der Waals surface area contributed by atoms with E-state index in [9.17, 15) is 4.79 Å². The van der Waals surface area contributed by atoms with Crippen LogP contribution in [0, 0.1) is 0 Å². The monoisotopic (exact) mass is 414 g/mol. The van der Waals surface area contributed by atoms with Crippen molar-refractivity contribution in [3.63, 3.8) is 0 Å². The molecular formula is C21H22N2O3S2. The van der Waals surface area contributed by atoms with Gasteiger partial charge >= 0.3 is 0 Å². The van der Waals surface area contributed by atoms with Gasteiger partial charge in [0.15, 0.2) is 11.5 Å². The van der Waals surface area contributed by atoms with Crippen molar-refractivity contribution >= 4 is 34.7 Å². The Bertz CT molecular complexity index is 939. The van der Waals surface area contributed by atoms with E-state index in [2.05, 4.69) is 10.7 Å². The highest BCUT2D eigenvalue weighted by atomic mass is 32.2. The van der Waals surface area contributed by atoms with Crippen LogP contribution in [0.2, 0.25) is 0 Å². The number of nitrogens with one attached hydrogen (secondary N) is 1. The Morgan fingerprint density at radius 1 is 1.18 bits per heavy atom. The van der Waals surface area contributed by atoms with Gasteiger partial charge in [0.2, 0.25) is 5.91 Å². The van der Waals surface area contributed by atoms with Gasteiger partial charge in [0.25, 0.3) is 0 Å². The first-order valence-corrected chi connectivity index (χ1v) is 10.7. The Balaban J connectivity index is 1.65. The molecule has 1 amide bonds. The number of carbonyl (C=O) groups excluding carboxylic acids is 1. The quantitative estimate of drug-likeness (QED) is 0.495. The molecule has 0 spiro atoms. The first kappa shape index (κ1) is 20.2. The fraction of sp³-hybridized carbons (Fsp3) is 0.238. The number of benzene rings is 2. The zero-order valence-corrected chi connectivity index (χ0v) is 17.7. The maximum Gasteiger partial charge on any atom is 0.221 e. The first-order chi connectivity index (χ1) is 13.6. The number of nitrogens with zero attached hydrogens (tertiary/aromatic N) is 1. The van der Waals surface area contributed by atoms with E-state index in [0.717, 1.165) is 38.4 Å². The maximum atomic E-state index is 11.1. The molecule has 5 nitrogen and oxygen atoms in total. The van der Waals surface area contributed by atoms with Crippen molar-refractivity contribution in [1.82, 2.24) is 4.98 Å². The number of ether oxygens (including phenoxy) is 2. The zero-order chi connectivity index (χ0) is 19.9. The van der Waals surface area contributed by atoms with E-state index in [1.165, 1.54) is 6.92 Å². The van der Waals surface area contributed by atoms with E-state index in [1.54, 1.807) is 30.2 Å². The molecule has 0 radical (unpaired) electrons. The van der Waals surface area contributed by atoms with Crippen LogP contribution in [0.1, 0.15) is 19.5 Å². The van der Waals surface area contributed by atoms with Crippen molar-refractivity contribution in [1.29, 1.82) is 0 Å². The van der Waals surface area contributed by atoms with Gasteiger partial charge in [-0.05, 0) is 49.4 Å². The fourth-order valence-electron chi connectivity index (χ4n) is 2.58. The van der Waals surface area contributed by atoms with E-state index >= 15 is 0 Å². The summed E-state index contributed by atoms with van der Waals surface area (Å²) in [4.78, 5) is 17.0. The van der Waals surface area contributed by atoms with Crippen LogP contribution in [-0.2, 0) is 10.5 Å². The number of rotatable bonds is 8. The van der Waals surface area contributed by atoms with Crippen LogP contribution in [0.3, 0.4) is 0 Å². The number of thiazole rings is 1. The summed E-state index contributed by atoms with van der Waals surface area (Å²) in [5.41, 5.74) is 2.85. The van der Waals surface area contributed by atoms with Crippen molar-refractivity contribution in [3.05, 3.63) is 53.5 Å². The molecule has 2 aromatic carbocycles. The molecule has 0 saturated carbocycles. The highest BCUT2D eigenvalue weighted by Gasteiger charge is 2.10. The Kier molecular flexibility index (Phi) is 6.95. The number of anilines is 1. The predicted octanol–water partition coefficient (Wildman–Crippen LogP) is 5.47. The van der Waals surface area contributed by atoms with Crippen LogP contribution in [0.15, 0.2) is 52.7 Å². The van der Waals surface area contributed by atoms with Gasteiger partial charge in [-0.1, -0.05) is 0 Å². The van der Waals surface area contributed by atoms with Crippen LogP contribution < -0.4 is 14.8 Å². The Morgan fingerprint density at radius 2 is 1.96 bits per heavy atom. The lowest BCUT2D eigenvalue weighted by Crippen LogP contribution is -2.05. The summed E-state index contributed by atoms with van der Waals surface area (Å²) in [6.45, 7) is 4.05. The molecule has 0 unspecified atom stereocenters. The summed E-state index contributed by atoms with van der Waals surface area (Å²) < 4.78 is 11.0. The van der Waals surface area contributed by atoms with E-state index in [4.69, 9.17) is 14.5 Å². The Labute approximate surface area is 173 Å². The summed E-state index contributed by atoms with van der Waals surface area (Å²) in [6, 6.07) is 13.7. The van der Waals surface area contributed by atoms with E-state index < -0.39 is 0 Å². The Morgan fingerprint density at radius 3 is 2.64 bits per heavy atom. The molecule has 1 heterocycles. The number of carbonyl (C=O) groups is 1. The second kappa shape index (κ2) is 9.61. The SMILES string of the molecule is CCOc1ccc(-c2nc(CSc3ccc(NC(C)=O)cc3)cs2)cc1OC. The van der Waals surface area contributed by atoms with Gasteiger partial charge in [0.1, 0.15) is 5.01 Å². The van der Waals surface area contributed by atoms with Crippen LogP contribution in [0.25, 0.3) is 10.6 Å². The van der Waals surface area contributed by atoms with Crippen LogP contribution in [-0.4, -0.2) is 24.6 Å². The number of amides is 1. The number of hydrogen-bond donors (Lipinski definition) is 1. The smallest absolute Gasteiger partial charge is 0.221 e. The van der Waals surface area contributed by atoms with Gasteiger partial charge in [-0.15, -0.1) is 23.1 Å². The van der Waals surface area contributed by atoms with Crippen LogP contribution in [0.5, 0.6) is 11.5 Å². The minimum Gasteiger partial charge on any atom is -0.493 e. The van der Waals surface area contributed by atoms with Crippen molar-refractivity contribution < 1.29 is 14.3 Å². The first-order valence-electron chi connectivity index (χ1n) is 8.85.